The molecule has 0 aromatic heterocycles. The Balaban J connectivity index is 2.08. The lowest BCUT2D eigenvalue weighted by molar-refractivity contribution is 0.590. The lowest BCUT2D eigenvalue weighted by Crippen LogP contribution is -2.14. The number of anilines is 1. The molecular weight excluding hydrogens is 330 g/mol. The Labute approximate surface area is 152 Å². The first kappa shape index (κ1) is 19.5. The van der Waals surface area contributed by atoms with Crippen molar-refractivity contribution in [3.8, 4) is 0 Å². The topological polar surface area (TPSA) is 46.2 Å². The molecule has 3 nitrogen and oxygen atoms in total. The van der Waals surface area contributed by atoms with Crippen LogP contribution in [0.2, 0.25) is 0 Å². The molecule has 2 rings (SSSR count). The Kier molecular flexibility index (Phi) is 6.28. The fourth-order valence-corrected chi connectivity index (χ4v) is 3.73. The van der Waals surface area contributed by atoms with Crippen molar-refractivity contribution in [1.82, 2.24) is 0 Å². The SMILES string of the molecule is CCCCCc1ccc(S(=O)(=O)Nc2ccc(C(C)(C)C)cc2)cc1. The smallest absolute Gasteiger partial charge is 0.261 e. The summed E-state index contributed by atoms with van der Waals surface area (Å²) in [6.07, 6.45) is 4.52. The summed E-state index contributed by atoms with van der Waals surface area (Å²) in [4.78, 5) is 0.298. The van der Waals surface area contributed by atoms with E-state index < -0.39 is 10.0 Å². The average molecular weight is 360 g/mol. The minimum Gasteiger partial charge on any atom is -0.280 e. The number of aryl methyl sites for hydroxylation is 1. The van der Waals surface area contributed by atoms with Crippen LogP contribution >= 0.6 is 0 Å². The van der Waals surface area contributed by atoms with Gasteiger partial charge in [0, 0.05) is 5.69 Å². The van der Waals surface area contributed by atoms with Crippen LogP contribution in [-0.2, 0) is 21.9 Å². The van der Waals surface area contributed by atoms with E-state index in [-0.39, 0.29) is 5.41 Å². The molecule has 0 saturated heterocycles. The highest BCUT2D eigenvalue weighted by molar-refractivity contribution is 7.92. The van der Waals surface area contributed by atoms with Gasteiger partial charge in [-0.3, -0.25) is 4.72 Å². The summed E-state index contributed by atoms with van der Waals surface area (Å²) in [6, 6.07) is 14.8. The first-order valence-corrected chi connectivity index (χ1v) is 10.4. The van der Waals surface area contributed by atoms with Gasteiger partial charge in [0.15, 0.2) is 0 Å². The molecule has 136 valence electrons. The summed E-state index contributed by atoms with van der Waals surface area (Å²) in [5.74, 6) is 0. The predicted molar refractivity (Wildman–Crippen MR) is 106 cm³/mol. The maximum atomic E-state index is 12.5. The van der Waals surface area contributed by atoms with Crippen LogP contribution in [0.15, 0.2) is 53.4 Å². The summed E-state index contributed by atoms with van der Waals surface area (Å²) in [5.41, 5.74) is 2.99. The number of benzene rings is 2. The van der Waals surface area contributed by atoms with E-state index in [9.17, 15) is 8.42 Å². The van der Waals surface area contributed by atoms with Gasteiger partial charge in [0.1, 0.15) is 0 Å². The summed E-state index contributed by atoms with van der Waals surface area (Å²) < 4.78 is 27.7. The van der Waals surface area contributed by atoms with Gasteiger partial charge in [-0.05, 0) is 53.6 Å². The van der Waals surface area contributed by atoms with Gasteiger partial charge in [-0.1, -0.05) is 64.8 Å². The molecule has 0 heterocycles. The first-order chi connectivity index (χ1) is 11.7. The minimum atomic E-state index is -3.55. The van der Waals surface area contributed by atoms with Crippen LogP contribution in [0.5, 0.6) is 0 Å². The van der Waals surface area contributed by atoms with E-state index in [0.717, 1.165) is 12.8 Å². The van der Waals surface area contributed by atoms with Crippen LogP contribution in [0.4, 0.5) is 5.69 Å². The quantitative estimate of drug-likeness (QED) is 0.662. The Morgan fingerprint density at radius 3 is 2.00 bits per heavy atom. The van der Waals surface area contributed by atoms with Crippen molar-refractivity contribution in [3.63, 3.8) is 0 Å². The molecule has 0 amide bonds. The number of sulfonamides is 1. The van der Waals surface area contributed by atoms with E-state index in [1.165, 1.54) is 24.0 Å². The summed E-state index contributed by atoms with van der Waals surface area (Å²) in [6.45, 7) is 8.58. The number of unbranched alkanes of at least 4 members (excludes halogenated alkanes) is 2. The molecule has 0 radical (unpaired) electrons. The molecule has 0 spiro atoms. The van der Waals surface area contributed by atoms with Gasteiger partial charge in [-0.15, -0.1) is 0 Å². The van der Waals surface area contributed by atoms with Crippen LogP contribution in [-0.4, -0.2) is 8.42 Å². The highest BCUT2D eigenvalue weighted by atomic mass is 32.2. The molecule has 4 heteroatoms. The van der Waals surface area contributed by atoms with Gasteiger partial charge in [0.25, 0.3) is 10.0 Å². The third-order valence-electron chi connectivity index (χ3n) is 4.31. The number of rotatable bonds is 7. The van der Waals surface area contributed by atoms with Crippen LogP contribution in [0, 0.1) is 0 Å². The normalized spacial score (nSPS) is 12.2. The lowest BCUT2D eigenvalue weighted by Gasteiger charge is -2.19. The van der Waals surface area contributed by atoms with Gasteiger partial charge >= 0.3 is 0 Å². The van der Waals surface area contributed by atoms with Crippen molar-refractivity contribution >= 4 is 15.7 Å². The zero-order valence-electron chi connectivity index (χ0n) is 15.7. The largest absolute Gasteiger partial charge is 0.280 e. The van der Waals surface area contributed by atoms with E-state index >= 15 is 0 Å². The molecule has 0 aliphatic heterocycles. The van der Waals surface area contributed by atoms with Crippen LogP contribution in [0.3, 0.4) is 0 Å². The van der Waals surface area contributed by atoms with Crippen molar-refractivity contribution < 1.29 is 8.42 Å². The van der Waals surface area contributed by atoms with Crippen molar-refractivity contribution in [2.75, 3.05) is 4.72 Å². The monoisotopic (exact) mass is 359 g/mol. The van der Waals surface area contributed by atoms with E-state index in [1.54, 1.807) is 12.1 Å². The highest BCUT2D eigenvalue weighted by Crippen LogP contribution is 2.24. The molecule has 1 N–H and O–H groups in total. The number of hydrogen-bond donors (Lipinski definition) is 1. The van der Waals surface area contributed by atoms with Gasteiger partial charge in [0.2, 0.25) is 0 Å². The third kappa shape index (κ3) is 5.60. The molecular formula is C21H29NO2S. The zero-order valence-corrected chi connectivity index (χ0v) is 16.5. The highest BCUT2D eigenvalue weighted by Gasteiger charge is 2.16. The van der Waals surface area contributed by atoms with Crippen molar-refractivity contribution in [2.45, 2.75) is 63.7 Å². The third-order valence-corrected chi connectivity index (χ3v) is 5.70. The first-order valence-electron chi connectivity index (χ1n) is 8.94. The van der Waals surface area contributed by atoms with E-state index in [4.69, 9.17) is 0 Å². The molecule has 0 atom stereocenters. The summed E-state index contributed by atoms with van der Waals surface area (Å²) >= 11 is 0. The van der Waals surface area contributed by atoms with Gasteiger partial charge in [0.05, 0.1) is 4.90 Å². The van der Waals surface area contributed by atoms with Crippen molar-refractivity contribution in [3.05, 3.63) is 59.7 Å². The summed E-state index contributed by atoms with van der Waals surface area (Å²) in [5, 5.41) is 0. The van der Waals surface area contributed by atoms with Gasteiger partial charge in [-0.2, -0.15) is 0 Å². The van der Waals surface area contributed by atoms with Crippen LogP contribution in [0.1, 0.15) is 58.1 Å². The van der Waals surface area contributed by atoms with E-state index in [2.05, 4.69) is 32.4 Å². The van der Waals surface area contributed by atoms with Gasteiger partial charge < -0.3 is 0 Å². The Morgan fingerprint density at radius 2 is 1.48 bits per heavy atom. The molecule has 0 saturated carbocycles. The van der Waals surface area contributed by atoms with Gasteiger partial charge in [-0.25, -0.2) is 8.42 Å². The Morgan fingerprint density at radius 1 is 0.880 bits per heavy atom. The van der Waals surface area contributed by atoms with E-state index in [1.807, 2.05) is 36.4 Å². The molecule has 25 heavy (non-hydrogen) atoms. The minimum absolute atomic E-state index is 0.0466. The molecule has 0 fully saturated rings. The van der Waals surface area contributed by atoms with Crippen molar-refractivity contribution in [2.24, 2.45) is 0 Å². The molecule has 0 aliphatic carbocycles. The second-order valence-electron chi connectivity index (χ2n) is 7.53. The molecule has 0 unspecified atom stereocenters. The van der Waals surface area contributed by atoms with Crippen molar-refractivity contribution in [1.29, 1.82) is 0 Å². The predicted octanol–water partition coefficient (Wildman–Crippen LogP) is 5.52. The lowest BCUT2D eigenvalue weighted by atomic mass is 9.87. The van der Waals surface area contributed by atoms with E-state index in [0.29, 0.717) is 10.6 Å². The maximum Gasteiger partial charge on any atom is 0.261 e. The van der Waals surface area contributed by atoms with Crippen LogP contribution < -0.4 is 4.72 Å². The molecule has 0 bridgehead atoms. The summed E-state index contributed by atoms with van der Waals surface area (Å²) in [7, 11) is -3.55. The Bertz CT molecular complexity index is 770. The number of nitrogens with one attached hydrogen (secondary N) is 1. The number of hydrogen-bond acceptors (Lipinski definition) is 2. The standard InChI is InChI=1S/C21H29NO2S/c1-5-6-7-8-17-9-15-20(16-10-17)25(23,24)22-19-13-11-18(12-14-19)21(2,3)4/h9-16,22H,5-8H2,1-4H3. The fourth-order valence-electron chi connectivity index (χ4n) is 2.67. The second-order valence-corrected chi connectivity index (χ2v) is 9.22. The molecule has 2 aromatic rings. The molecule has 0 aliphatic rings. The molecule has 2 aromatic carbocycles. The average Bonchev–Trinajstić information content (AvgIpc) is 2.55. The van der Waals surface area contributed by atoms with Crippen LogP contribution in [0.25, 0.3) is 0 Å². The zero-order chi connectivity index (χ0) is 18.5. The maximum absolute atomic E-state index is 12.5. The Hall–Kier alpha value is -1.81. The second kappa shape index (κ2) is 8.05. The fraction of sp³-hybridized carbons (Fsp3) is 0.429.